The van der Waals surface area contributed by atoms with E-state index in [1.54, 1.807) is 13.0 Å². The second-order valence-corrected chi connectivity index (χ2v) is 8.48. The van der Waals surface area contributed by atoms with Crippen molar-refractivity contribution in [1.82, 2.24) is 4.57 Å². The highest BCUT2D eigenvalue weighted by Crippen LogP contribution is 2.34. The molecule has 0 saturated heterocycles. The van der Waals surface area contributed by atoms with Crippen molar-refractivity contribution in [2.75, 3.05) is 7.11 Å². The van der Waals surface area contributed by atoms with Crippen molar-refractivity contribution in [2.24, 2.45) is 4.99 Å². The molecule has 0 bridgehead atoms. The number of hydrogen-bond acceptors (Lipinski definition) is 7. The van der Waals surface area contributed by atoms with Crippen molar-refractivity contribution in [3.8, 4) is 0 Å². The Morgan fingerprint density at radius 2 is 2.06 bits per heavy atom. The van der Waals surface area contributed by atoms with E-state index in [4.69, 9.17) is 16.3 Å². The van der Waals surface area contributed by atoms with E-state index in [9.17, 15) is 24.1 Å². The fourth-order valence-electron chi connectivity index (χ4n) is 3.58. The lowest BCUT2D eigenvalue weighted by atomic mass is 9.95. The molecule has 2 aromatic carbocycles. The summed E-state index contributed by atoms with van der Waals surface area (Å²) in [5.74, 6) is -1.23. The third-order valence-corrected chi connectivity index (χ3v) is 6.40. The van der Waals surface area contributed by atoms with Crippen LogP contribution in [0.15, 0.2) is 63.5 Å². The average molecular weight is 488 g/mol. The number of esters is 1. The number of nitrogens with zero attached hydrogens (tertiary/aromatic N) is 3. The van der Waals surface area contributed by atoms with Crippen LogP contribution >= 0.6 is 22.9 Å². The molecule has 11 heteroatoms. The van der Waals surface area contributed by atoms with E-state index in [0.717, 1.165) is 11.3 Å². The van der Waals surface area contributed by atoms with Gasteiger partial charge in [0.2, 0.25) is 0 Å². The summed E-state index contributed by atoms with van der Waals surface area (Å²) in [6, 6.07) is 8.96. The SMILES string of the molecule is COC(=O)C1=C(C)N=c2sc(=Cc3ccccc3F)c(=O)n2C1c1ccc(Cl)c([N+](=O)[O-])c1. The molecule has 1 aliphatic heterocycles. The fraction of sp³-hybridized carbons (Fsp3) is 0.136. The first-order valence-electron chi connectivity index (χ1n) is 9.52. The zero-order valence-electron chi connectivity index (χ0n) is 17.2. The molecule has 1 unspecified atom stereocenters. The van der Waals surface area contributed by atoms with E-state index in [-0.39, 0.29) is 36.7 Å². The molecule has 4 rings (SSSR count). The molecule has 0 saturated carbocycles. The van der Waals surface area contributed by atoms with Crippen molar-refractivity contribution in [2.45, 2.75) is 13.0 Å². The third kappa shape index (κ3) is 3.98. The van der Waals surface area contributed by atoms with Gasteiger partial charge in [-0.2, -0.15) is 0 Å². The number of nitro benzene ring substituents is 1. The number of rotatable bonds is 4. The Kier molecular flexibility index (Phi) is 5.96. The van der Waals surface area contributed by atoms with E-state index in [2.05, 4.69) is 4.99 Å². The molecule has 8 nitrogen and oxygen atoms in total. The number of nitro groups is 1. The van der Waals surface area contributed by atoms with Crippen LogP contribution in [0.1, 0.15) is 24.1 Å². The maximum Gasteiger partial charge on any atom is 0.338 e. The molecule has 3 aromatic rings. The number of thiazole rings is 1. The molecule has 2 heterocycles. The lowest BCUT2D eigenvalue weighted by molar-refractivity contribution is -0.384. The number of fused-ring (bicyclic) bond motifs is 1. The molecule has 1 atom stereocenters. The number of halogens is 2. The molecule has 0 amide bonds. The number of carbonyl (C=O) groups is 1. The first kappa shape index (κ1) is 22.6. The predicted octanol–water partition coefficient (Wildman–Crippen LogP) is 3.11. The number of methoxy groups -OCH3 is 1. The van der Waals surface area contributed by atoms with Gasteiger partial charge in [-0.15, -0.1) is 0 Å². The molecule has 168 valence electrons. The summed E-state index contributed by atoms with van der Waals surface area (Å²) in [5.41, 5.74) is -0.0631. The summed E-state index contributed by atoms with van der Waals surface area (Å²) < 4.78 is 20.5. The molecule has 1 aliphatic rings. The van der Waals surface area contributed by atoms with Crippen molar-refractivity contribution in [1.29, 1.82) is 0 Å². The minimum absolute atomic E-state index is 0.0546. The highest BCUT2D eigenvalue weighted by Gasteiger charge is 2.34. The Labute approximate surface area is 194 Å². The summed E-state index contributed by atoms with van der Waals surface area (Å²) in [6.07, 6.45) is 1.40. The van der Waals surface area contributed by atoms with Gasteiger partial charge in [0, 0.05) is 11.6 Å². The fourth-order valence-corrected chi connectivity index (χ4v) is 4.81. The summed E-state index contributed by atoms with van der Waals surface area (Å²) in [6.45, 7) is 1.58. The molecule has 0 spiro atoms. The topological polar surface area (TPSA) is 104 Å². The lowest BCUT2D eigenvalue weighted by Crippen LogP contribution is -2.39. The van der Waals surface area contributed by atoms with E-state index >= 15 is 0 Å². The van der Waals surface area contributed by atoms with Crippen LogP contribution in [0.5, 0.6) is 0 Å². The van der Waals surface area contributed by atoms with Crippen molar-refractivity contribution in [3.63, 3.8) is 0 Å². The van der Waals surface area contributed by atoms with E-state index in [0.29, 0.717) is 5.70 Å². The van der Waals surface area contributed by atoms with Crippen molar-refractivity contribution < 1.29 is 18.8 Å². The molecule has 1 aromatic heterocycles. The minimum atomic E-state index is -1.05. The molecular weight excluding hydrogens is 473 g/mol. The van der Waals surface area contributed by atoms with Gasteiger partial charge in [0.15, 0.2) is 4.80 Å². The summed E-state index contributed by atoms with van der Waals surface area (Å²) in [4.78, 5) is 41.5. The maximum absolute atomic E-state index is 14.2. The number of carbonyl (C=O) groups excluding carboxylic acids is 1. The van der Waals surface area contributed by atoms with Gasteiger partial charge in [0.25, 0.3) is 11.2 Å². The standard InChI is InChI=1S/C22H15ClFN3O5S/c1-11-18(21(29)32-2)19(13-7-8-14(23)16(9-13)27(30)31)26-20(28)17(33-22(26)25-11)10-12-5-3-4-6-15(12)24/h3-10,19H,1-2H3. The van der Waals surface area contributed by atoms with Crippen LogP contribution in [0, 0.1) is 15.9 Å². The highest BCUT2D eigenvalue weighted by molar-refractivity contribution is 7.07. The molecule has 0 radical (unpaired) electrons. The Hall–Kier alpha value is -3.63. The van der Waals surface area contributed by atoms with Crippen LogP contribution in [0.25, 0.3) is 6.08 Å². The van der Waals surface area contributed by atoms with Gasteiger partial charge in [-0.25, -0.2) is 14.2 Å². The second kappa shape index (κ2) is 8.72. The van der Waals surface area contributed by atoms with Gasteiger partial charge < -0.3 is 4.74 Å². The van der Waals surface area contributed by atoms with Crippen LogP contribution in [0.3, 0.4) is 0 Å². The Morgan fingerprint density at radius 1 is 1.33 bits per heavy atom. The lowest BCUT2D eigenvalue weighted by Gasteiger charge is -2.24. The van der Waals surface area contributed by atoms with Crippen molar-refractivity contribution in [3.05, 3.63) is 106 Å². The zero-order chi connectivity index (χ0) is 23.9. The second-order valence-electron chi connectivity index (χ2n) is 7.06. The largest absolute Gasteiger partial charge is 0.466 e. The molecule has 0 N–H and O–H groups in total. The first-order chi connectivity index (χ1) is 15.7. The minimum Gasteiger partial charge on any atom is -0.466 e. The number of aromatic nitrogens is 1. The summed E-state index contributed by atoms with van der Waals surface area (Å²) in [7, 11) is 1.19. The van der Waals surface area contributed by atoms with Gasteiger partial charge in [-0.05, 0) is 30.7 Å². The van der Waals surface area contributed by atoms with E-state index in [1.807, 2.05) is 0 Å². The summed E-state index contributed by atoms with van der Waals surface area (Å²) in [5, 5.41) is 11.3. The van der Waals surface area contributed by atoms with Gasteiger partial charge in [-0.1, -0.05) is 47.2 Å². The van der Waals surface area contributed by atoms with Crippen LogP contribution in [-0.2, 0) is 9.53 Å². The molecular formula is C22H15ClFN3O5S. The van der Waals surface area contributed by atoms with Gasteiger partial charge in [-0.3, -0.25) is 19.5 Å². The number of benzene rings is 2. The highest BCUT2D eigenvalue weighted by atomic mass is 35.5. The van der Waals surface area contributed by atoms with Gasteiger partial charge >= 0.3 is 5.97 Å². The van der Waals surface area contributed by atoms with Crippen LogP contribution in [-0.4, -0.2) is 22.6 Å². The summed E-state index contributed by atoms with van der Waals surface area (Å²) >= 11 is 6.97. The van der Waals surface area contributed by atoms with Gasteiger partial charge in [0.05, 0.1) is 33.9 Å². The molecule has 0 fully saturated rings. The number of ether oxygens (including phenoxy) is 1. The molecule has 33 heavy (non-hydrogen) atoms. The van der Waals surface area contributed by atoms with Crippen LogP contribution in [0.2, 0.25) is 5.02 Å². The third-order valence-electron chi connectivity index (χ3n) is 5.10. The van der Waals surface area contributed by atoms with Crippen LogP contribution < -0.4 is 14.9 Å². The maximum atomic E-state index is 14.2. The Morgan fingerprint density at radius 3 is 2.73 bits per heavy atom. The quantitative estimate of drug-likeness (QED) is 0.319. The Balaban J connectivity index is 2.02. The predicted molar refractivity (Wildman–Crippen MR) is 120 cm³/mol. The first-order valence-corrected chi connectivity index (χ1v) is 10.7. The van der Waals surface area contributed by atoms with Crippen molar-refractivity contribution >= 4 is 40.7 Å². The van der Waals surface area contributed by atoms with E-state index in [1.165, 1.54) is 54.2 Å². The van der Waals surface area contributed by atoms with Gasteiger partial charge in [0.1, 0.15) is 10.8 Å². The monoisotopic (exact) mass is 487 g/mol. The molecule has 0 aliphatic carbocycles. The number of allylic oxidation sites excluding steroid dienone is 1. The number of hydrogen-bond donors (Lipinski definition) is 0. The smallest absolute Gasteiger partial charge is 0.338 e. The average Bonchev–Trinajstić information content (AvgIpc) is 3.08. The van der Waals surface area contributed by atoms with E-state index < -0.39 is 28.3 Å². The Bertz CT molecular complexity index is 1530. The zero-order valence-corrected chi connectivity index (χ0v) is 18.8. The normalized spacial score (nSPS) is 15.8. The van der Waals surface area contributed by atoms with Crippen LogP contribution in [0.4, 0.5) is 10.1 Å².